The molecule has 1 N–H and O–H groups in total. The summed E-state index contributed by atoms with van der Waals surface area (Å²) in [5.41, 5.74) is 3.49. The third-order valence-corrected chi connectivity index (χ3v) is 5.81. The molecule has 26 heavy (non-hydrogen) atoms. The van der Waals surface area contributed by atoms with Gasteiger partial charge in [-0.1, -0.05) is 6.07 Å². The fraction of sp³-hybridized carbons (Fsp3) is 0.125. The van der Waals surface area contributed by atoms with Crippen molar-refractivity contribution in [3.8, 4) is 11.1 Å². The minimum absolute atomic E-state index is 0.122. The van der Waals surface area contributed by atoms with Crippen molar-refractivity contribution < 1.29 is 8.42 Å². The number of sulfonamides is 1. The van der Waals surface area contributed by atoms with Crippen molar-refractivity contribution >= 4 is 32.8 Å². The zero-order valence-electron chi connectivity index (χ0n) is 13.7. The fourth-order valence-corrected chi connectivity index (χ4v) is 4.35. The van der Waals surface area contributed by atoms with E-state index < -0.39 is 10.0 Å². The molecule has 0 radical (unpaired) electrons. The van der Waals surface area contributed by atoms with Crippen molar-refractivity contribution in [1.29, 1.82) is 0 Å². The second-order valence-corrected chi connectivity index (χ2v) is 7.96. The van der Waals surface area contributed by atoms with Crippen LogP contribution < -0.4 is 4.72 Å². The summed E-state index contributed by atoms with van der Waals surface area (Å²) in [4.78, 5) is 4.32. The van der Waals surface area contributed by atoms with E-state index in [4.69, 9.17) is 0 Å². The van der Waals surface area contributed by atoms with Crippen LogP contribution in [0.25, 0.3) is 22.2 Å². The van der Waals surface area contributed by atoms with E-state index in [1.165, 1.54) is 6.07 Å². The summed E-state index contributed by atoms with van der Waals surface area (Å²) in [6.07, 6.45) is 6.96. The number of hydrogen-bond donors (Lipinski definition) is 1. The molecule has 132 valence electrons. The number of hydrogen-bond acceptors (Lipinski definition) is 7. The lowest BCUT2D eigenvalue weighted by Gasteiger charge is -2.08. The molecule has 0 aliphatic rings. The van der Waals surface area contributed by atoms with Gasteiger partial charge in [-0.2, -0.15) is 13.8 Å². The molecule has 0 bridgehead atoms. The average Bonchev–Trinajstić information content (AvgIpc) is 3.28. The van der Waals surface area contributed by atoms with E-state index in [-0.39, 0.29) is 11.4 Å². The SMILES string of the molecule is Cn1cc(-c2cncc(CNS(=O)(=O)c3cccc4nsnc34)c2)cn1. The first-order chi connectivity index (χ1) is 12.5. The minimum atomic E-state index is -3.72. The highest BCUT2D eigenvalue weighted by molar-refractivity contribution is 7.89. The predicted octanol–water partition coefficient (Wildman–Crippen LogP) is 1.97. The molecule has 8 nitrogen and oxygen atoms in total. The predicted molar refractivity (Wildman–Crippen MR) is 97.9 cm³/mol. The van der Waals surface area contributed by atoms with Crippen LogP contribution in [0.3, 0.4) is 0 Å². The first-order valence-corrected chi connectivity index (χ1v) is 9.88. The monoisotopic (exact) mass is 386 g/mol. The van der Waals surface area contributed by atoms with E-state index in [9.17, 15) is 8.42 Å². The smallest absolute Gasteiger partial charge is 0.243 e. The van der Waals surface area contributed by atoms with Crippen LogP contribution in [-0.2, 0) is 23.6 Å². The fourth-order valence-electron chi connectivity index (χ4n) is 2.57. The number of nitrogens with one attached hydrogen (secondary N) is 1. The van der Waals surface area contributed by atoms with Crippen LogP contribution in [0.1, 0.15) is 5.56 Å². The summed E-state index contributed by atoms with van der Waals surface area (Å²) in [5.74, 6) is 0. The van der Waals surface area contributed by atoms with Crippen LogP contribution in [0.2, 0.25) is 0 Å². The average molecular weight is 386 g/mol. The second kappa shape index (κ2) is 6.56. The number of nitrogens with zero attached hydrogens (tertiary/aromatic N) is 5. The Morgan fingerprint density at radius 3 is 2.85 bits per heavy atom. The van der Waals surface area contributed by atoms with Gasteiger partial charge in [0, 0.05) is 43.3 Å². The Morgan fingerprint density at radius 2 is 2.04 bits per heavy atom. The highest BCUT2D eigenvalue weighted by Crippen LogP contribution is 2.22. The Labute approximate surface area is 153 Å². The summed E-state index contributed by atoms with van der Waals surface area (Å²) in [6.45, 7) is 0.122. The summed E-state index contributed by atoms with van der Waals surface area (Å²) < 4.78 is 37.8. The molecule has 0 spiro atoms. The zero-order chi connectivity index (χ0) is 18.1. The normalized spacial score (nSPS) is 11.9. The lowest BCUT2D eigenvalue weighted by Crippen LogP contribution is -2.23. The number of fused-ring (bicyclic) bond motifs is 1. The Bertz CT molecular complexity index is 1180. The number of aryl methyl sites for hydroxylation is 1. The maximum Gasteiger partial charge on any atom is 0.243 e. The molecule has 0 saturated heterocycles. The lowest BCUT2D eigenvalue weighted by atomic mass is 10.1. The van der Waals surface area contributed by atoms with Crippen molar-refractivity contribution in [2.75, 3.05) is 0 Å². The van der Waals surface area contributed by atoms with Gasteiger partial charge in [0.1, 0.15) is 15.9 Å². The molecular weight excluding hydrogens is 372 g/mol. The van der Waals surface area contributed by atoms with Crippen LogP contribution in [0.5, 0.6) is 0 Å². The van der Waals surface area contributed by atoms with Crippen LogP contribution in [0, 0.1) is 0 Å². The standard InChI is InChI=1S/C16H14N6O2S2/c1-22-10-13(9-18-22)12-5-11(6-17-8-12)7-19-26(23,24)15-4-2-3-14-16(15)21-25-20-14/h2-6,8-10,19H,7H2,1H3. The Morgan fingerprint density at radius 1 is 1.15 bits per heavy atom. The zero-order valence-corrected chi connectivity index (χ0v) is 15.3. The summed E-state index contributed by atoms with van der Waals surface area (Å²) in [6, 6.07) is 6.80. The Hall–Kier alpha value is -2.69. The molecule has 0 aliphatic carbocycles. The molecule has 0 fully saturated rings. The molecule has 3 heterocycles. The van der Waals surface area contributed by atoms with Gasteiger partial charge in [0.15, 0.2) is 0 Å². The Balaban J connectivity index is 1.58. The molecule has 0 unspecified atom stereocenters. The quantitative estimate of drug-likeness (QED) is 0.562. The molecule has 0 atom stereocenters. The topological polar surface area (TPSA) is 103 Å². The highest BCUT2D eigenvalue weighted by atomic mass is 32.2. The molecule has 1 aromatic carbocycles. The van der Waals surface area contributed by atoms with Crippen molar-refractivity contribution in [3.63, 3.8) is 0 Å². The van der Waals surface area contributed by atoms with Crippen molar-refractivity contribution in [1.82, 2.24) is 28.2 Å². The van der Waals surface area contributed by atoms with Gasteiger partial charge in [0.05, 0.1) is 17.9 Å². The summed E-state index contributed by atoms with van der Waals surface area (Å²) >= 11 is 0.989. The van der Waals surface area contributed by atoms with Crippen LogP contribution in [0.4, 0.5) is 0 Å². The van der Waals surface area contributed by atoms with Gasteiger partial charge in [-0.3, -0.25) is 9.67 Å². The van der Waals surface area contributed by atoms with Crippen molar-refractivity contribution in [2.24, 2.45) is 7.05 Å². The third kappa shape index (κ3) is 3.21. The third-order valence-electron chi connectivity index (χ3n) is 3.84. The van der Waals surface area contributed by atoms with Gasteiger partial charge in [0.25, 0.3) is 0 Å². The van der Waals surface area contributed by atoms with E-state index in [0.29, 0.717) is 11.0 Å². The molecule has 0 amide bonds. The van der Waals surface area contributed by atoms with Crippen LogP contribution in [-0.4, -0.2) is 31.9 Å². The lowest BCUT2D eigenvalue weighted by molar-refractivity contribution is 0.582. The summed E-state index contributed by atoms with van der Waals surface area (Å²) in [7, 11) is -1.88. The van der Waals surface area contributed by atoms with E-state index in [1.54, 1.807) is 35.4 Å². The van der Waals surface area contributed by atoms with Crippen LogP contribution >= 0.6 is 11.7 Å². The molecule has 10 heteroatoms. The highest BCUT2D eigenvalue weighted by Gasteiger charge is 2.19. The van der Waals surface area contributed by atoms with Gasteiger partial charge in [-0.05, 0) is 23.8 Å². The molecule has 0 aliphatic heterocycles. The number of aromatic nitrogens is 5. The summed E-state index contributed by atoms with van der Waals surface area (Å²) in [5, 5.41) is 4.14. The number of rotatable bonds is 5. The molecule has 4 aromatic rings. The first-order valence-electron chi connectivity index (χ1n) is 7.67. The number of pyridine rings is 1. The molecule has 4 rings (SSSR count). The Kier molecular flexibility index (Phi) is 4.23. The van der Waals surface area contributed by atoms with Gasteiger partial charge < -0.3 is 0 Å². The van der Waals surface area contributed by atoms with Gasteiger partial charge in [0.2, 0.25) is 10.0 Å². The largest absolute Gasteiger partial charge is 0.275 e. The van der Waals surface area contributed by atoms with Crippen molar-refractivity contribution in [3.05, 3.63) is 54.6 Å². The number of benzene rings is 1. The molecule has 3 aromatic heterocycles. The maximum atomic E-state index is 12.7. The van der Waals surface area contributed by atoms with Gasteiger partial charge in [-0.25, -0.2) is 13.1 Å². The molecule has 0 saturated carbocycles. The van der Waals surface area contributed by atoms with E-state index in [0.717, 1.165) is 28.4 Å². The van der Waals surface area contributed by atoms with Gasteiger partial charge >= 0.3 is 0 Å². The first kappa shape index (κ1) is 16.8. The van der Waals surface area contributed by atoms with E-state index >= 15 is 0 Å². The molecular formula is C16H14N6O2S2. The van der Waals surface area contributed by atoms with Crippen LogP contribution in [0.15, 0.2) is 53.9 Å². The van der Waals surface area contributed by atoms with E-state index in [2.05, 4.69) is 23.6 Å². The van der Waals surface area contributed by atoms with Crippen molar-refractivity contribution in [2.45, 2.75) is 11.4 Å². The maximum absolute atomic E-state index is 12.7. The minimum Gasteiger partial charge on any atom is -0.275 e. The second-order valence-electron chi connectivity index (χ2n) is 5.70. The van der Waals surface area contributed by atoms with E-state index in [1.807, 2.05) is 19.3 Å². The van der Waals surface area contributed by atoms with Gasteiger partial charge in [-0.15, -0.1) is 0 Å².